The third-order valence-corrected chi connectivity index (χ3v) is 2.34. The van der Waals surface area contributed by atoms with Crippen molar-refractivity contribution in [2.75, 3.05) is 5.73 Å². The Morgan fingerprint density at radius 3 is 2.81 bits per heavy atom. The molecule has 5 heteroatoms. The van der Waals surface area contributed by atoms with Crippen LogP contribution in [0.2, 0.25) is 0 Å². The molecule has 0 amide bonds. The van der Waals surface area contributed by atoms with E-state index in [1.54, 1.807) is 6.07 Å². The van der Waals surface area contributed by atoms with E-state index in [0.29, 0.717) is 11.5 Å². The van der Waals surface area contributed by atoms with E-state index in [2.05, 4.69) is 10.1 Å². The molecule has 1 aromatic carbocycles. The zero-order chi connectivity index (χ0) is 11.7. The van der Waals surface area contributed by atoms with Crippen molar-refractivity contribution in [3.63, 3.8) is 0 Å². The van der Waals surface area contributed by atoms with Crippen LogP contribution in [0.4, 0.5) is 5.69 Å². The van der Waals surface area contributed by atoms with Gasteiger partial charge >= 0.3 is 0 Å². The number of nitrogens with zero attached hydrogens (tertiary/aromatic N) is 2. The average molecular weight is 217 g/mol. The molecule has 0 aliphatic heterocycles. The topological polar surface area (TPSA) is 82.0 Å². The molecule has 82 valence electrons. The number of nitrogens with two attached hydrogens (primary N) is 1. The second-order valence-corrected chi connectivity index (χ2v) is 3.50. The molecule has 0 saturated carbocycles. The van der Waals surface area contributed by atoms with Gasteiger partial charge in [-0.25, -0.2) is 0 Å². The van der Waals surface area contributed by atoms with Crippen LogP contribution in [0.3, 0.4) is 0 Å². The lowest BCUT2D eigenvalue weighted by Gasteiger charge is -2.03. The molecule has 1 aromatic heterocycles. The fourth-order valence-electron chi connectivity index (χ4n) is 1.37. The highest BCUT2D eigenvalue weighted by Crippen LogP contribution is 2.24. The molecule has 0 bridgehead atoms. The van der Waals surface area contributed by atoms with E-state index in [4.69, 9.17) is 10.3 Å². The molecular weight excluding hydrogens is 206 g/mol. The first-order valence-electron chi connectivity index (χ1n) is 4.79. The van der Waals surface area contributed by atoms with Gasteiger partial charge in [-0.15, -0.1) is 0 Å². The van der Waals surface area contributed by atoms with Crippen molar-refractivity contribution in [3.05, 3.63) is 29.7 Å². The maximum atomic E-state index is 11.0. The standard InChI is InChI=1S/C11H11N3O2/c1-6-8(4-3-5-9(6)12)10-13-11(7(2)15)16-14-10/h3-5H,12H2,1-2H3. The normalized spacial score (nSPS) is 10.4. The Morgan fingerprint density at radius 1 is 1.44 bits per heavy atom. The average Bonchev–Trinajstić information content (AvgIpc) is 2.71. The SMILES string of the molecule is CC(=O)c1nc(-c2cccc(N)c2C)no1. The Balaban J connectivity index is 2.50. The highest BCUT2D eigenvalue weighted by molar-refractivity contribution is 5.89. The summed E-state index contributed by atoms with van der Waals surface area (Å²) in [5.41, 5.74) is 8.08. The largest absolute Gasteiger partial charge is 0.398 e. The molecule has 2 rings (SSSR count). The van der Waals surface area contributed by atoms with E-state index in [9.17, 15) is 4.79 Å². The highest BCUT2D eigenvalue weighted by Gasteiger charge is 2.14. The lowest BCUT2D eigenvalue weighted by Crippen LogP contribution is -1.94. The van der Waals surface area contributed by atoms with Gasteiger partial charge in [0.2, 0.25) is 11.6 Å². The minimum atomic E-state index is -0.250. The van der Waals surface area contributed by atoms with Crippen molar-refractivity contribution in [1.29, 1.82) is 0 Å². The number of Topliss-reactive ketones (excluding diaryl/α,β-unsaturated/α-hetero) is 1. The summed E-state index contributed by atoms with van der Waals surface area (Å²) < 4.78 is 4.82. The number of hydrogen-bond donors (Lipinski definition) is 1. The number of benzene rings is 1. The lowest BCUT2D eigenvalue weighted by atomic mass is 10.1. The fraction of sp³-hybridized carbons (Fsp3) is 0.182. The fourth-order valence-corrected chi connectivity index (χ4v) is 1.37. The van der Waals surface area contributed by atoms with Gasteiger partial charge in [-0.05, 0) is 18.6 Å². The van der Waals surface area contributed by atoms with Gasteiger partial charge in [0.05, 0.1) is 0 Å². The third kappa shape index (κ3) is 1.67. The Hall–Kier alpha value is -2.17. The van der Waals surface area contributed by atoms with Gasteiger partial charge < -0.3 is 10.3 Å². The molecular formula is C11H11N3O2. The van der Waals surface area contributed by atoms with Crippen LogP contribution < -0.4 is 5.73 Å². The van der Waals surface area contributed by atoms with Gasteiger partial charge in [0.25, 0.3) is 5.89 Å². The predicted octanol–water partition coefficient (Wildman–Crippen LogP) is 1.83. The van der Waals surface area contributed by atoms with Gasteiger partial charge in [-0.1, -0.05) is 17.3 Å². The summed E-state index contributed by atoms with van der Waals surface area (Å²) in [6.07, 6.45) is 0. The van der Waals surface area contributed by atoms with Crippen LogP contribution in [0, 0.1) is 6.92 Å². The molecule has 1 heterocycles. The molecule has 2 N–H and O–H groups in total. The van der Waals surface area contributed by atoms with Gasteiger partial charge in [0.1, 0.15) is 0 Å². The molecule has 0 saturated heterocycles. The maximum Gasteiger partial charge on any atom is 0.294 e. The van der Waals surface area contributed by atoms with E-state index in [0.717, 1.165) is 11.1 Å². The number of nitrogen functional groups attached to an aromatic ring is 1. The summed E-state index contributed by atoms with van der Waals surface area (Å²) in [6.45, 7) is 3.25. The molecule has 2 aromatic rings. The minimum Gasteiger partial charge on any atom is -0.398 e. The molecule has 0 atom stereocenters. The first-order chi connectivity index (χ1) is 7.59. The van der Waals surface area contributed by atoms with Gasteiger partial charge in [-0.2, -0.15) is 4.98 Å². The highest BCUT2D eigenvalue weighted by atomic mass is 16.5. The summed E-state index contributed by atoms with van der Waals surface area (Å²) >= 11 is 0. The number of anilines is 1. The van der Waals surface area contributed by atoms with Crippen LogP contribution in [0.15, 0.2) is 22.7 Å². The molecule has 0 fully saturated rings. The number of rotatable bonds is 2. The second kappa shape index (κ2) is 3.77. The zero-order valence-corrected chi connectivity index (χ0v) is 9.02. The Bertz CT molecular complexity index is 546. The van der Waals surface area contributed by atoms with E-state index in [1.807, 2.05) is 19.1 Å². The van der Waals surface area contributed by atoms with E-state index in [1.165, 1.54) is 6.92 Å². The smallest absolute Gasteiger partial charge is 0.294 e. The Kier molecular flexibility index (Phi) is 2.44. The van der Waals surface area contributed by atoms with Crippen molar-refractivity contribution in [3.8, 4) is 11.4 Å². The van der Waals surface area contributed by atoms with Crippen LogP contribution in [-0.2, 0) is 0 Å². The zero-order valence-electron chi connectivity index (χ0n) is 9.02. The lowest BCUT2D eigenvalue weighted by molar-refractivity contribution is 0.0972. The second-order valence-electron chi connectivity index (χ2n) is 3.50. The molecule has 0 radical (unpaired) electrons. The van der Waals surface area contributed by atoms with Crippen LogP contribution in [0.5, 0.6) is 0 Å². The predicted molar refractivity (Wildman–Crippen MR) is 58.9 cm³/mol. The molecule has 0 aliphatic carbocycles. The maximum absolute atomic E-state index is 11.0. The van der Waals surface area contributed by atoms with Crippen LogP contribution in [-0.4, -0.2) is 15.9 Å². The first kappa shape index (κ1) is 10.4. The van der Waals surface area contributed by atoms with Crippen molar-refractivity contribution in [2.24, 2.45) is 0 Å². The van der Waals surface area contributed by atoms with E-state index >= 15 is 0 Å². The molecule has 0 spiro atoms. The van der Waals surface area contributed by atoms with Crippen LogP contribution in [0.1, 0.15) is 23.2 Å². The minimum absolute atomic E-state index is 0.0109. The summed E-state index contributed by atoms with van der Waals surface area (Å²) in [5, 5.41) is 3.75. The molecule has 16 heavy (non-hydrogen) atoms. The number of carbonyl (C=O) groups excluding carboxylic acids is 1. The molecule has 0 aliphatic rings. The van der Waals surface area contributed by atoms with Crippen molar-refractivity contribution in [1.82, 2.24) is 10.1 Å². The van der Waals surface area contributed by atoms with Crippen LogP contribution >= 0.6 is 0 Å². The monoisotopic (exact) mass is 217 g/mol. The van der Waals surface area contributed by atoms with Gasteiger partial charge in [0, 0.05) is 18.2 Å². The molecule has 0 unspecified atom stereocenters. The summed E-state index contributed by atoms with van der Waals surface area (Å²) in [6, 6.07) is 5.44. The van der Waals surface area contributed by atoms with Crippen LogP contribution in [0.25, 0.3) is 11.4 Å². The first-order valence-corrected chi connectivity index (χ1v) is 4.79. The number of aromatic nitrogens is 2. The van der Waals surface area contributed by atoms with Crippen molar-refractivity contribution in [2.45, 2.75) is 13.8 Å². The summed E-state index contributed by atoms with van der Waals surface area (Å²) in [5.74, 6) is 0.145. The number of hydrogen-bond acceptors (Lipinski definition) is 5. The quantitative estimate of drug-likeness (QED) is 0.613. The van der Waals surface area contributed by atoms with Gasteiger partial charge in [0.15, 0.2) is 0 Å². The molecule has 5 nitrogen and oxygen atoms in total. The Labute approximate surface area is 92.3 Å². The number of carbonyl (C=O) groups is 1. The van der Waals surface area contributed by atoms with E-state index < -0.39 is 0 Å². The van der Waals surface area contributed by atoms with Gasteiger partial charge in [-0.3, -0.25) is 4.79 Å². The van der Waals surface area contributed by atoms with Crippen molar-refractivity contribution >= 4 is 11.5 Å². The summed E-state index contributed by atoms with van der Waals surface area (Å²) in [4.78, 5) is 15.0. The summed E-state index contributed by atoms with van der Waals surface area (Å²) in [7, 11) is 0. The number of ketones is 1. The third-order valence-electron chi connectivity index (χ3n) is 2.34. The Morgan fingerprint density at radius 2 is 2.19 bits per heavy atom. The van der Waals surface area contributed by atoms with Crippen molar-refractivity contribution < 1.29 is 9.32 Å². The van der Waals surface area contributed by atoms with E-state index in [-0.39, 0.29) is 11.7 Å².